The summed E-state index contributed by atoms with van der Waals surface area (Å²) in [4.78, 5) is 26.6. The summed E-state index contributed by atoms with van der Waals surface area (Å²) in [5.74, 6) is 0.449. The average Bonchev–Trinajstić information content (AvgIpc) is 2.85. The van der Waals surface area contributed by atoms with Crippen LogP contribution in [0.2, 0.25) is 0 Å². The Kier molecular flexibility index (Phi) is 4.16. The minimum atomic E-state index is 0.0183. The summed E-state index contributed by atoms with van der Waals surface area (Å²) in [6.45, 7) is 7.33. The molecule has 1 unspecified atom stereocenters. The summed E-state index contributed by atoms with van der Waals surface area (Å²) in [5.41, 5.74) is 0.108. The second-order valence-electron chi connectivity index (χ2n) is 6.06. The van der Waals surface area contributed by atoms with Gasteiger partial charge in [-0.25, -0.2) is 0 Å². The highest BCUT2D eigenvalue weighted by molar-refractivity contribution is 9.10. The third kappa shape index (κ3) is 3.26. The normalized spacial score (nSPS) is 20.1. The highest BCUT2D eigenvalue weighted by Crippen LogP contribution is 2.34. The third-order valence-electron chi connectivity index (χ3n) is 3.64. The molecule has 1 amide bonds. The number of ketones is 1. The summed E-state index contributed by atoms with van der Waals surface area (Å²) >= 11 is 4.78. The first kappa shape index (κ1) is 14.7. The molecule has 0 aliphatic carbocycles. The summed E-state index contributed by atoms with van der Waals surface area (Å²) in [7, 11) is 0. The molecule has 1 atom stereocenters. The predicted molar refractivity (Wildman–Crippen MR) is 80.5 cm³/mol. The standard InChI is InChI=1S/C14H18BrNO2S/c1-14(2,3)9-6-12(18)16(7-9)8-11(17)13-10(15)4-5-19-13/h4-5,9H,6-8H2,1-3H3. The molecule has 104 valence electrons. The van der Waals surface area contributed by atoms with Crippen molar-refractivity contribution in [2.75, 3.05) is 13.1 Å². The van der Waals surface area contributed by atoms with Gasteiger partial charge in [0, 0.05) is 17.4 Å². The lowest BCUT2D eigenvalue weighted by Gasteiger charge is -2.26. The Morgan fingerprint density at radius 3 is 2.68 bits per heavy atom. The Balaban J connectivity index is 2.03. The van der Waals surface area contributed by atoms with Crippen LogP contribution >= 0.6 is 27.3 Å². The topological polar surface area (TPSA) is 37.4 Å². The molecule has 0 bridgehead atoms. The molecular formula is C14H18BrNO2S. The van der Waals surface area contributed by atoms with E-state index in [0.29, 0.717) is 23.8 Å². The van der Waals surface area contributed by atoms with Crippen LogP contribution in [0.5, 0.6) is 0 Å². The van der Waals surface area contributed by atoms with Crippen molar-refractivity contribution in [3.05, 3.63) is 20.8 Å². The van der Waals surface area contributed by atoms with Gasteiger partial charge in [0.05, 0.1) is 11.4 Å². The Hall–Kier alpha value is -0.680. The van der Waals surface area contributed by atoms with E-state index in [-0.39, 0.29) is 23.7 Å². The number of rotatable bonds is 3. The van der Waals surface area contributed by atoms with Crippen molar-refractivity contribution >= 4 is 39.0 Å². The number of thiophene rings is 1. The van der Waals surface area contributed by atoms with Crippen molar-refractivity contribution < 1.29 is 9.59 Å². The number of nitrogens with zero attached hydrogens (tertiary/aromatic N) is 1. The molecule has 0 spiro atoms. The van der Waals surface area contributed by atoms with E-state index >= 15 is 0 Å². The average molecular weight is 344 g/mol. The number of likely N-dealkylation sites (tertiary alicyclic amines) is 1. The number of hydrogen-bond donors (Lipinski definition) is 0. The molecule has 3 nitrogen and oxygen atoms in total. The summed E-state index contributed by atoms with van der Waals surface area (Å²) in [6, 6.07) is 1.86. The van der Waals surface area contributed by atoms with Gasteiger partial charge in [0.25, 0.3) is 0 Å². The summed E-state index contributed by atoms with van der Waals surface area (Å²) in [5, 5.41) is 1.88. The molecule has 1 aliphatic rings. The van der Waals surface area contributed by atoms with E-state index in [1.807, 2.05) is 11.4 Å². The van der Waals surface area contributed by atoms with Gasteiger partial charge in [-0.05, 0) is 38.7 Å². The zero-order chi connectivity index (χ0) is 14.2. The van der Waals surface area contributed by atoms with Gasteiger partial charge in [-0.15, -0.1) is 11.3 Å². The number of halogens is 1. The van der Waals surface area contributed by atoms with E-state index in [4.69, 9.17) is 0 Å². The highest BCUT2D eigenvalue weighted by atomic mass is 79.9. The van der Waals surface area contributed by atoms with E-state index in [0.717, 1.165) is 4.47 Å². The monoisotopic (exact) mass is 343 g/mol. The van der Waals surface area contributed by atoms with Crippen molar-refractivity contribution in [1.29, 1.82) is 0 Å². The maximum atomic E-state index is 12.2. The Bertz CT molecular complexity index is 504. The minimum Gasteiger partial charge on any atom is -0.335 e. The van der Waals surface area contributed by atoms with Gasteiger partial charge in [-0.3, -0.25) is 9.59 Å². The van der Waals surface area contributed by atoms with Crippen LogP contribution in [0.1, 0.15) is 36.9 Å². The van der Waals surface area contributed by atoms with E-state index in [1.165, 1.54) is 11.3 Å². The fourth-order valence-corrected chi connectivity index (χ4v) is 3.77. The van der Waals surface area contributed by atoms with Crippen LogP contribution in [0, 0.1) is 11.3 Å². The van der Waals surface area contributed by atoms with Gasteiger partial charge in [0.2, 0.25) is 5.91 Å². The lowest BCUT2D eigenvalue weighted by atomic mass is 9.80. The molecule has 2 heterocycles. The molecule has 1 aromatic heterocycles. The molecule has 1 aromatic rings. The van der Waals surface area contributed by atoms with E-state index in [1.54, 1.807) is 4.90 Å². The second kappa shape index (κ2) is 5.37. The quantitative estimate of drug-likeness (QED) is 0.786. The lowest BCUT2D eigenvalue weighted by Crippen LogP contribution is -2.32. The fraction of sp³-hybridized carbons (Fsp3) is 0.571. The van der Waals surface area contributed by atoms with Crippen molar-refractivity contribution in [1.82, 2.24) is 4.90 Å². The number of carbonyl (C=O) groups excluding carboxylic acids is 2. The molecule has 1 fully saturated rings. The fourth-order valence-electron chi connectivity index (χ4n) is 2.24. The first-order valence-corrected chi connectivity index (χ1v) is 8.00. The maximum Gasteiger partial charge on any atom is 0.223 e. The molecule has 2 rings (SSSR count). The maximum absolute atomic E-state index is 12.2. The molecule has 1 aliphatic heterocycles. The number of hydrogen-bond acceptors (Lipinski definition) is 3. The van der Waals surface area contributed by atoms with Gasteiger partial charge < -0.3 is 4.90 Å². The second-order valence-corrected chi connectivity index (χ2v) is 7.83. The molecule has 1 saturated heterocycles. The van der Waals surface area contributed by atoms with Crippen LogP contribution in [0.25, 0.3) is 0 Å². The van der Waals surface area contributed by atoms with Gasteiger partial charge >= 0.3 is 0 Å². The van der Waals surface area contributed by atoms with E-state index < -0.39 is 0 Å². The number of Topliss-reactive ketones (excluding diaryl/α,β-unsaturated/α-hetero) is 1. The van der Waals surface area contributed by atoms with Crippen LogP contribution in [0.3, 0.4) is 0 Å². The minimum absolute atomic E-state index is 0.0183. The van der Waals surface area contributed by atoms with Gasteiger partial charge in [0.15, 0.2) is 5.78 Å². The summed E-state index contributed by atoms with van der Waals surface area (Å²) < 4.78 is 0.821. The first-order chi connectivity index (χ1) is 8.79. The van der Waals surface area contributed by atoms with E-state index in [9.17, 15) is 9.59 Å². The first-order valence-electron chi connectivity index (χ1n) is 6.33. The van der Waals surface area contributed by atoms with Crippen molar-refractivity contribution in [2.45, 2.75) is 27.2 Å². The Morgan fingerprint density at radius 2 is 2.21 bits per heavy atom. The van der Waals surface area contributed by atoms with Crippen LogP contribution in [-0.4, -0.2) is 29.7 Å². The molecule has 5 heteroatoms. The van der Waals surface area contributed by atoms with E-state index in [2.05, 4.69) is 36.7 Å². The van der Waals surface area contributed by atoms with Crippen LogP contribution in [0.4, 0.5) is 0 Å². The zero-order valence-corrected chi connectivity index (χ0v) is 13.8. The Morgan fingerprint density at radius 1 is 1.53 bits per heavy atom. The molecule has 0 saturated carbocycles. The van der Waals surface area contributed by atoms with Crippen molar-refractivity contribution in [3.8, 4) is 0 Å². The van der Waals surface area contributed by atoms with Crippen LogP contribution in [-0.2, 0) is 4.79 Å². The van der Waals surface area contributed by atoms with Gasteiger partial charge in [0.1, 0.15) is 0 Å². The third-order valence-corrected chi connectivity index (χ3v) is 5.52. The highest BCUT2D eigenvalue weighted by Gasteiger charge is 2.37. The molecule has 0 radical (unpaired) electrons. The van der Waals surface area contributed by atoms with Gasteiger partial charge in [-0.1, -0.05) is 20.8 Å². The summed E-state index contributed by atoms with van der Waals surface area (Å²) in [6.07, 6.45) is 0.558. The van der Waals surface area contributed by atoms with Crippen LogP contribution in [0.15, 0.2) is 15.9 Å². The smallest absolute Gasteiger partial charge is 0.223 e. The predicted octanol–water partition coefficient (Wildman–Crippen LogP) is 3.59. The number of amides is 1. The van der Waals surface area contributed by atoms with Crippen LogP contribution < -0.4 is 0 Å². The largest absolute Gasteiger partial charge is 0.335 e. The van der Waals surface area contributed by atoms with Crippen molar-refractivity contribution in [2.24, 2.45) is 11.3 Å². The number of carbonyl (C=O) groups is 2. The molecule has 19 heavy (non-hydrogen) atoms. The van der Waals surface area contributed by atoms with Gasteiger partial charge in [-0.2, -0.15) is 0 Å². The molecular weight excluding hydrogens is 326 g/mol. The zero-order valence-electron chi connectivity index (χ0n) is 11.4. The molecule has 0 N–H and O–H groups in total. The van der Waals surface area contributed by atoms with Crippen molar-refractivity contribution in [3.63, 3.8) is 0 Å². The SMILES string of the molecule is CC(C)(C)C1CC(=O)N(CC(=O)c2sccc2Br)C1. The lowest BCUT2D eigenvalue weighted by molar-refractivity contribution is -0.127. The molecule has 0 aromatic carbocycles. The Labute approximate surface area is 126 Å².